The Bertz CT molecular complexity index is 289. The Kier molecular flexibility index (Phi) is 3.88. The zero-order valence-electron chi connectivity index (χ0n) is 7.75. The van der Waals surface area contributed by atoms with E-state index in [2.05, 4.69) is 18.8 Å². The number of rotatable bonds is 3. The van der Waals surface area contributed by atoms with Gasteiger partial charge >= 0.3 is 0 Å². The highest BCUT2D eigenvalue weighted by Gasteiger charge is 2.03. The number of halogens is 1. The summed E-state index contributed by atoms with van der Waals surface area (Å²) < 4.78 is 0. The first-order valence-corrected chi connectivity index (χ1v) is 5.54. The van der Waals surface area contributed by atoms with Gasteiger partial charge in [0.25, 0.3) is 0 Å². The number of hydrogen-bond donors (Lipinski definition) is 1. The van der Waals surface area contributed by atoms with Gasteiger partial charge in [0.1, 0.15) is 5.82 Å². The van der Waals surface area contributed by atoms with Gasteiger partial charge < -0.3 is 5.73 Å². The van der Waals surface area contributed by atoms with E-state index < -0.39 is 0 Å². The van der Waals surface area contributed by atoms with Gasteiger partial charge in [-0.2, -0.15) is 11.8 Å². The fourth-order valence-corrected chi connectivity index (χ4v) is 1.81. The first-order chi connectivity index (χ1) is 6.09. The van der Waals surface area contributed by atoms with Gasteiger partial charge in [0.15, 0.2) is 0 Å². The fourth-order valence-electron chi connectivity index (χ4n) is 0.848. The second-order valence-electron chi connectivity index (χ2n) is 3.02. The van der Waals surface area contributed by atoms with Crippen LogP contribution in [-0.2, 0) is 5.75 Å². The summed E-state index contributed by atoms with van der Waals surface area (Å²) in [7, 11) is 0. The van der Waals surface area contributed by atoms with Crippen LogP contribution in [0.1, 0.15) is 19.5 Å². The van der Waals surface area contributed by atoms with Crippen LogP contribution in [0.15, 0.2) is 12.1 Å². The largest absolute Gasteiger partial charge is 0.384 e. The molecular weight excluding hydrogens is 204 g/mol. The molecule has 0 aliphatic carbocycles. The van der Waals surface area contributed by atoms with Gasteiger partial charge in [0.05, 0.1) is 10.7 Å². The van der Waals surface area contributed by atoms with Crippen LogP contribution in [0, 0.1) is 0 Å². The second-order valence-corrected chi connectivity index (χ2v) is 5.00. The lowest BCUT2D eigenvalue weighted by Crippen LogP contribution is -1.97. The van der Waals surface area contributed by atoms with Crippen molar-refractivity contribution in [2.45, 2.75) is 24.9 Å². The number of thioether (sulfide) groups is 1. The van der Waals surface area contributed by atoms with Gasteiger partial charge in [-0.05, 0) is 17.4 Å². The summed E-state index contributed by atoms with van der Waals surface area (Å²) in [4.78, 5) is 4.17. The van der Waals surface area contributed by atoms with Crippen LogP contribution >= 0.6 is 23.4 Å². The van der Waals surface area contributed by atoms with Crippen molar-refractivity contribution in [1.82, 2.24) is 4.98 Å². The lowest BCUT2D eigenvalue weighted by molar-refractivity contribution is 1.10. The maximum Gasteiger partial charge on any atom is 0.123 e. The Balaban J connectivity index is 2.70. The average Bonchev–Trinajstić information content (AvgIpc) is 2.06. The molecule has 0 atom stereocenters. The summed E-state index contributed by atoms with van der Waals surface area (Å²) in [6, 6.07) is 3.51. The first kappa shape index (κ1) is 10.7. The molecule has 0 aliphatic heterocycles. The molecule has 1 aromatic heterocycles. The standard InChI is InChI=1S/C9H13ClN2S/c1-6(2)13-5-8-7(10)3-4-9(11)12-8/h3-4,6H,5H2,1-2H3,(H2,11,12). The lowest BCUT2D eigenvalue weighted by Gasteiger charge is -2.06. The Morgan fingerprint density at radius 1 is 1.54 bits per heavy atom. The Morgan fingerprint density at radius 2 is 2.23 bits per heavy atom. The first-order valence-electron chi connectivity index (χ1n) is 4.12. The molecule has 0 saturated carbocycles. The maximum atomic E-state index is 5.95. The molecule has 2 N–H and O–H groups in total. The molecule has 0 amide bonds. The molecule has 4 heteroatoms. The van der Waals surface area contributed by atoms with Crippen molar-refractivity contribution < 1.29 is 0 Å². The van der Waals surface area contributed by atoms with Gasteiger partial charge in [0.2, 0.25) is 0 Å². The number of nitrogen functional groups attached to an aromatic ring is 1. The number of pyridine rings is 1. The zero-order valence-corrected chi connectivity index (χ0v) is 9.32. The third-order valence-electron chi connectivity index (χ3n) is 1.49. The molecule has 13 heavy (non-hydrogen) atoms. The van der Waals surface area contributed by atoms with E-state index in [-0.39, 0.29) is 0 Å². The van der Waals surface area contributed by atoms with E-state index in [9.17, 15) is 0 Å². The molecular formula is C9H13ClN2S. The predicted molar refractivity (Wildman–Crippen MR) is 60.1 cm³/mol. The van der Waals surface area contributed by atoms with Crippen LogP contribution in [-0.4, -0.2) is 10.2 Å². The van der Waals surface area contributed by atoms with E-state index in [1.807, 2.05) is 0 Å². The highest BCUT2D eigenvalue weighted by atomic mass is 35.5. The number of aromatic nitrogens is 1. The summed E-state index contributed by atoms with van der Waals surface area (Å²) in [6.45, 7) is 4.29. The van der Waals surface area contributed by atoms with Crippen LogP contribution in [0.4, 0.5) is 5.82 Å². The highest BCUT2D eigenvalue weighted by molar-refractivity contribution is 7.99. The quantitative estimate of drug-likeness (QED) is 0.845. The zero-order chi connectivity index (χ0) is 9.84. The molecule has 0 fully saturated rings. The van der Waals surface area contributed by atoms with Gasteiger partial charge in [-0.1, -0.05) is 25.4 Å². The van der Waals surface area contributed by atoms with Gasteiger partial charge in [-0.25, -0.2) is 4.98 Å². The molecule has 1 heterocycles. The SMILES string of the molecule is CC(C)SCc1nc(N)ccc1Cl. The topological polar surface area (TPSA) is 38.9 Å². The monoisotopic (exact) mass is 216 g/mol. The molecule has 72 valence electrons. The van der Waals surface area contributed by atoms with E-state index in [4.69, 9.17) is 17.3 Å². The summed E-state index contributed by atoms with van der Waals surface area (Å²) in [5, 5.41) is 1.28. The maximum absolute atomic E-state index is 5.95. The van der Waals surface area contributed by atoms with Crippen molar-refractivity contribution in [3.05, 3.63) is 22.8 Å². The predicted octanol–water partition coefficient (Wildman–Crippen LogP) is 2.96. The normalized spacial score (nSPS) is 10.8. The Hall–Kier alpha value is -0.410. The molecule has 0 radical (unpaired) electrons. The summed E-state index contributed by atoms with van der Waals surface area (Å²) in [5.74, 6) is 1.35. The number of nitrogens with two attached hydrogens (primary N) is 1. The van der Waals surface area contributed by atoms with E-state index in [1.54, 1.807) is 23.9 Å². The van der Waals surface area contributed by atoms with Crippen LogP contribution in [0.3, 0.4) is 0 Å². The highest BCUT2D eigenvalue weighted by Crippen LogP contribution is 2.22. The van der Waals surface area contributed by atoms with E-state index in [1.165, 1.54) is 0 Å². The van der Waals surface area contributed by atoms with E-state index in [0.717, 1.165) is 11.4 Å². The molecule has 0 aromatic carbocycles. The van der Waals surface area contributed by atoms with E-state index >= 15 is 0 Å². The van der Waals surface area contributed by atoms with E-state index in [0.29, 0.717) is 16.1 Å². The molecule has 0 saturated heterocycles. The number of nitrogens with zero attached hydrogens (tertiary/aromatic N) is 1. The van der Waals surface area contributed by atoms with Crippen molar-refractivity contribution >= 4 is 29.2 Å². The van der Waals surface area contributed by atoms with Crippen molar-refractivity contribution in [3.8, 4) is 0 Å². The molecule has 0 unspecified atom stereocenters. The summed E-state index contributed by atoms with van der Waals surface area (Å²) in [5.41, 5.74) is 6.43. The molecule has 1 rings (SSSR count). The van der Waals surface area contributed by atoms with Crippen LogP contribution in [0.25, 0.3) is 0 Å². The number of anilines is 1. The minimum absolute atomic E-state index is 0.531. The van der Waals surface area contributed by atoms with Crippen molar-refractivity contribution in [3.63, 3.8) is 0 Å². The Labute approximate surface area is 87.9 Å². The molecule has 0 bridgehead atoms. The van der Waals surface area contributed by atoms with Crippen molar-refractivity contribution in [1.29, 1.82) is 0 Å². The summed E-state index contributed by atoms with van der Waals surface area (Å²) >= 11 is 7.75. The van der Waals surface area contributed by atoms with Gasteiger partial charge in [0, 0.05) is 5.75 Å². The van der Waals surface area contributed by atoms with Crippen molar-refractivity contribution in [2.24, 2.45) is 0 Å². The minimum Gasteiger partial charge on any atom is -0.384 e. The average molecular weight is 217 g/mol. The smallest absolute Gasteiger partial charge is 0.123 e. The molecule has 0 spiro atoms. The van der Waals surface area contributed by atoms with Gasteiger partial charge in [-0.3, -0.25) is 0 Å². The molecule has 1 aromatic rings. The van der Waals surface area contributed by atoms with Crippen LogP contribution < -0.4 is 5.73 Å². The third kappa shape index (κ3) is 3.44. The van der Waals surface area contributed by atoms with Crippen LogP contribution in [0.2, 0.25) is 5.02 Å². The Morgan fingerprint density at radius 3 is 2.85 bits per heavy atom. The minimum atomic E-state index is 0.531. The summed E-state index contributed by atoms with van der Waals surface area (Å²) in [6.07, 6.45) is 0. The van der Waals surface area contributed by atoms with Crippen molar-refractivity contribution in [2.75, 3.05) is 5.73 Å². The molecule has 0 aliphatic rings. The number of hydrogen-bond acceptors (Lipinski definition) is 3. The lowest BCUT2D eigenvalue weighted by atomic mass is 10.4. The van der Waals surface area contributed by atoms with Gasteiger partial charge in [-0.15, -0.1) is 0 Å². The second kappa shape index (κ2) is 4.72. The molecule has 2 nitrogen and oxygen atoms in total. The van der Waals surface area contributed by atoms with Crippen LogP contribution in [0.5, 0.6) is 0 Å². The third-order valence-corrected chi connectivity index (χ3v) is 2.94. The fraction of sp³-hybridized carbons (Fsp3) is 0.444.